The summed E-state index contributed by atoms with van der Waals surface area (Å²) in [4.78, 5) is 96.9. The number of hydrogen-bond donors (Lipinski definition) is 12. The van der Waals surface area contributed by atoms with Crippen LogP contribution in [0.5, 0.6) is 5.75 Å². The molecule has 0 heterocycles. The molecule has 0 spiro atoms. The summed E-state index contributed by atoms with van der Waals surface area (Å²) in [5.41, 5.74) is 22.6. The van der Waals surface area contributed by atoms with Gasteiger partial charge in [-0.25, -0.2) is 4.79 Å². The minimum absolute atomic E-state index is 0.0171. The largest absolute Gasteiger partial charge is 0.508 e. The molecule has 2 aromatic carbocycles. The van der Waals surface area contributed by atoms with Crippen molar-refractivity contribution in [3.63, 3.8) is 0 Å². The average Bonchev–Trinajstić information content (AvgIpc) is 3.15. The number of carboxylic acids is 1. The molecule has 0 radical (unpaired) electrons. The minimum atomic E-state index is -1.31. The number of nitrogens with zero attached hydrogens (tertiary/aromatic N) is 2. The molecule has 0 aliphatic carbocycles. The fraction of sp³-hybridized carbons (Fsp3) is 0.417. The zero-order chi connectivity index (χ0) is 42.3. The summed E-state index contributed by atoms with van der Waals surface area (Å²) in [5.74, 6) is -5.98. The highest BCUT2D eigenvalue weighted by Gasteiger charge is 2.28. The van der Waals surface area contributed by atoms with E-state index >= 15 is 0 Å². The molecule has 0 saturated heterocycles. The smallest absolute Gasteiger partial charge is 0.326 e. The van der Waals surface area contributed by atoms with Gasteiger partial charge in [-0.05, 0) is 48.9 Å². The van der Waals surface area contributed by atoms with Crippen molar-refractivity contribution in [3.8, 4) is 5.75 Å². The standard InChI is InChI=1S/C36H52N12O9/c1-21(49)45-25(9-5-15-41-35(37)38)32(54)47-27(17-23-11-13-24(50)14-12-23)31(53)44-19-29(51)43-20-30(52)46-26(10-6-16-42-36(39)40)33(55)48-28(34(56)57)18-22-7-3-2-4-8-22/h2-4,7-8,11-14,25-28,50H,5-6,9-10,15-20H2,1H3,(H,43,51)(H,44,53)(H,45,49)(H,46,52)(H,47,54)(H,48,55)(H,56,57)(H4,37,38,41)(H4,39,40,42)/t25-,26-,27-,28-/m0/s1. The Morgan fingerprint density at radius 1 is 0.596 bits per heavy atom. The predicted octanol–water partition coefficient (Wildman–Crippen LogP) is -3.44. The predicted molar refractivity (Wildman–Crippen MR) is 209 cm³/mol. The minimum Gasteiger partial charge on any atom is -0.508 e. The molecular formula is C36H52N12O9. The Bertz CT molecular complexity index is 1730. The molecule has 0 bridgehead atoms. The zero-order valence-electron chi connectivity index (χ0n) is 31.5. The number of nitrogens with two attached hydrogens (primary N) is 4. The molecule has 0 aliphatic heterocycles. The first-order chi connectivity index (χ1) is 27.0. The van der Waals surface area contributed by atoms with E-state index in [0.717, 1.165) is 0 Å². The fourth-order valence-corrected chi connectivity index (χ4v) is 5.24. The van der Waals surface area contributed by atoms with Crippen molar-refractivity contribution >= 4 is 53.3 Å². The summed E-state index contributed by atoms with van der Waals surface area (Å²) >= 11 is 0. The zero-order valence-corrected chi connectivity index (χ0v) is 31.5. The second-order valence-electron chi connectivity index (χ2n) is 12.8. The van der Waals surface area contributed by atoms with Crippen molar-refractivity contribution in [1.29, 1.82) is 0 Å². The van der Waals surface area contributed by atoms with E-state index in [1.165, 1.54) is 31.2 Å². The van der Waals surface area contributed by atoms with Crippen LogP contribution in [0.4, 0.5) is 0 Å². The number of phenolic OH excluding ortho intramolecular Hbond substituents is 1. The van der Waals surface area contributed by atoms with Gasteiger partial charge >= 0.3 is 5.97 Å². The Morgan fingerprint density at radius 3 is 1.61 bits per heavy atom. The Balaban J connectivity index is 2.07. The number of aliphatic carboxylic acids is 1. The molecule has 16 N–H and O–H groups in total. The van der Waals surface area contributed by atoms with E-state index in [2.05, 4.69) is 41.9 Å². The maximum Gasteiger partial charge on any atom is 0.326 e. The summed E-state index contributed by atoms with van der Waals surface area (Å²) in [6.07, 6.45) is 0.615. The summed E-state index contributed by atoms with van der Waals surface area (Å²) < 4.78 is 0. The number of aliphatic imine (C=N–C) groups is 2. The molecule has 21 heteroatoms. The third-order valence-electron chi connectivity index (χ3n) is 8.01. The number of nitrogens with one attached hydrogen (secondary N) is 6. The van der Waals surface area contributed by atoms with E-state index < -0.39 is 78.7 Å². The lowest BCUT2D eigenvalue weighted by molar-refractivity contribution is -0.142. The highest BCUT2D eigenvalue weighted by molar-refractivity contribution is 5.95. The molecule has 4 atom stereocenters. The number of rotatable bonds is 24. The molecule has 0 fully saturated rings. The molecule has 0 unspecified atom stereocenters. The molecule has 57 heavy (non-hydrogen) atoms. The number of carbonyl (C=O) groups is 7. The monoisotopic (exact) mass is 796 g/mol. The average molecular weight is 797 g/mol. The lowest BCUT2D eigenvalue weighted by Crippen LogP contribution is -2.55. The first-order valence-corrected chi connectivity index (χ1v) is 17.9. The molecule has 0 aromatic heterocycles. The van der Waals surface area contributed by atoms with E-state index in [1.54, 1.807) is 30.3 Å². The van der Waals surface area contributed by atoms with Crippen molar-refractivity contribution in [2.45, 2.75) is 69.6 Å². The van der Waals surface area contributed by atoms with Gasteiger partial charge in [-0.2, -0.15) is 0 Å². The third kappa shape index (κ3) is 19.3. The molecule has 2 aromatic rings. The molecule has 0 saturated carbocycles. The summed E-state index contributed by atoms with van der Waals surface area (Å²) in [7, 11) is 0. The molecule has 2 rings (SSSR count). The Kier molecular flexibility index (Phi) is 19.8. The lowest BCUT2D eigenvalue weighted by Gasteiger charge is -2.23. The highest BCUT2D eigenvalue weighted by Crippen LogP contribution is 2.12. The van der Waals surface area contributed by atoms with Crippen LogP contribution < -0.4 is 54.8 Å². The maximum atomic E-state index is 13.3. The normalized spacial score (nSPS) is 12.6. The molecule has 0 aliphatic rings. The van der Waals surface area contributed by atoms with Crippen molar-refractivity contribution in [1.82, 2.24) is 31.9 Å². The third-order valence-corrected chi connectivity index (χ3v) is 8.01. The number of aromatic hydroxyl groups is 1. The van der Waals surface area contributed by atoms with Gasteiger partial charge in [0, 0.05) is 32.9 Å². The first kappa shape index (κ1) is 46.2. The molecule has 6 amide bonds. The van der Waals surface area contributed by atoms with Crippen molar-refractivity contribution in [2.24, 2.45) is 32.9 Å². The van der Waals surface area contributed by atoms with E-state index in [-0.39, 0.29) is 62.9 Å². The summed E-state index contributed by atoms with van der Waals surface area (Å²) in [5, 5.41) is 34.2. The van der Waals surface area contributed by atoms with Crippen molar-refractivity contribution < 1.29 is 43.8 Å². The van der Waals surface area contributed by atoms with Gasteiger partial charge in [0.1, 0.15) is 29.9 Å². The summed E-state index contributed by atoms with van der Waals surface area (Å²) in [6.45, 7) is 0.284. The number of amides is 6. The van der Waals surface area contributed by atoms with E-state index in [9.17, 15) is 43.8 Å². The number of carboxylic acid groups (broad SMARTS) is 1. The first-order valence-electron chi connectivity index (χ1n) is 17.9. The lowest BCUT2D eigenvalue weighted by atomic mass is 10.0. The van der Waals surface area contributed by atoms with E-state index in [1.807, 2.05) is 0 Å². The van der Waals surface area contributed by atoms with Gasteiger partial charge < -0.3 is 65.0 Å². The van der Waals surface area contributed by atoms with Crippen LogP contribution in [0.15, 0.2) is 64.6 Å². The number of phenols is 1. The van der Waals surface area contributed by atoms with Crippen LogP contribution in [0.25, 0.3) is 0 Å². The van der Waals surface area contributed by atoms with Crippen molar-refractivity contribution in [2.75, 3.05) is 26.2 Å². The molecular weight excluding hydrogens is 744 g/mol. The molecule has 21 nitrogen and oxygen atoms in total. The van der Waals surface area contributed by atoms with Gasteiger partial charge in [0.15, 0.2) is 11.9 Å². The second-order valence-corrected chi connectivity index (χ2v) is 12.8. The van der Waals surface area contributed by atoms with Gasteiger partial charge in [0.2, 0.25) is 35.4 Å². The maximum absolute atomic E-state index is 13.3. The topological polar surface area (TPSA) is 361 Å². The highest BCUT2D eigenvalue weighted by atomic mass is 16.4. The Labute approximate surface area is 328 Å². The van der Waals surface area contributed by atoms with Gasteiger partial charge in [-0.15, -0.1) is 0 Å². The van der Waals surface area contributed by atoms with Gasteiger partial charge in [0.05, 0.1) is 13.1 Å². The van der Waals surface area contributed by atoms with Crippen LogP contribution in [0.2, 0.25) is 0 Å². The Morgan fingerprint density at radius 2 is 1.09 bits per heavy atom. The fourth-order valence-electron chi connectivity index (χ4n) is 5.24. The number of benzene rings is 2. The number of hydrogen-bond acceptors (Lipinski definition) is 10. The van der Waals surface area contributed by atoms with Crippen LogP contribution in [0.1, 0.15) is 43.7 Å². The van der Waals surface area contributed by atoms with Crippen molar-refractivity contribution in [3.05, 3.63) is 65.7 Å². The molecule has 310 valence electrons. The van der Waals surface area contributed by atoms with E-state index in [0.29, 0.717) is 17.5 Å². The number of carbonyl (C=O) groups excluding carboxylic acids is 6. The SMILES string of the molecule is CC(=O)N[C@@H](CCCN=C(N)N)C(=O)N[C@@H](Cc1ccc(O)cc1)C(=O)NCC(=O)NCC(=O)N[C@@H](CCCN=C(N)N)C(=O)N[C@@H](Cc1ccccc1)C(=O)O. The quantitative estimate of drug-likeness (QED) is 0.0280. The van der Waals surface area contributed by atoms with E-state index in [4.69, 9.17) is 22.9 Å². The number of guanidine groups is 2. The van der Waals surface area contributed by atoms with Crippen LogP contribution >= 0.6 is 0 Å². The van der Waals surface area contributed by atoms with Gasteiger partial charge in [-0.1, -0.05) is 42.5 Å². The van der Waals surface area contributed by atoms with Crippen LogP contribution in [-0.4, -0.2) is 114 Å². The van der Waals surface area contributed by atoms with Gasteiger partial charge in [-0.3, -0.25) is 38.8 Å². The Hall–Kier alpha value is -6.93. The van der Waals surface area contributed by atoms with Crippen LogP contribution in [0.3, 0.4) is 0 Å². The summed E-state index contributed by atoms with van der Waals surface area (Å²) in [6, 6.07) is 9.64. The van der Waals surface area contributed by atoms with Gasteiger partial charge in [0.25, 0.3) is 0 Å². The van der Waals surface area contributed by atoms with Crippen LogP contribution in [0, 0.1) is 0 Å². The van der Waals surface area contributed by atoms with Crippen LogP contribution in [-0.2, 0) is 46.4 Å². The second kappa shape index (κ2) is 24.5.